The van der Waals surface area contributed by atoms with Crippen LogP contribution in [0.2, 0.25) is 10.0 Å². The summed E-state index contributed by atoms with van der Waals surface area (Å²) in [5.74, 6) is -0.307. The molecule has 0 saturated carbocycles. The van der Waals surface area contributed by atoms with Crippen LogP contribution in [0, 0.1) is 5.41 Å². The number of pyridine rings is 1. The summed E-state index contributed by atoms with van der Waals surface area (Å²) in [5.41, 5.74) is 11.5. The number of nitrogens with two attached hydrogens (primary N) is 1. The van der Waals surface area contributed by atoms with Crippen molar-refractivity contribution >= 4 is 46.2 Å². The van der Waals surface area contributed by atoms with Gasteiger partial charge in [0.05, 0.1) is 11.2 Å². The lowest BCUT2D eigenvalue weighted by atomic mass is 9.65. The van der Waals surface area contributed by atoms with Crippen molar-refractivity contribution in [2.45, 2.75) is 52.0 Å². The molecule has 0 atom stereocenters. The number of halogens is 2. The number of anilines is 2. The quantitative estimate of drug-likeness (QED) is 0.253. The molecule has 0 radical (unpaired) electrons. The number of piperidine rings is 1. The number of nitrogens with zero attached hydrogens (tertiary/aromatic N) is 4. The van der Waals surface area contributed by atoms with Crippen LogP contribution in [-0.2, 0) is 0 Å². The number of aromatic nitrogens is 1. The third kappa shape index (κ3) is 7.31. The van der Waals surface area contributed by atoms with E-state index in [1.54, 1.807) is 17.7 Å². The maximum Gasteiger partial charge on any atom is 0.339 e. The Balaban J connectivity index is 1.17. The Labute approximate surface area is 281 Å². The van der Waals surface area contributed by atoms with Gasteiger partial charge in [0, 0.05) is 61.6 Å². The molecule has 244 valence electrons. The first-order valence-corrected chi connectivity index (χ1v) is 17.0. The Hall–Kier alpha value is -3.30. The molecule has 2 saturated heterocycles. The molecule has 3 aromatic rings. The average molecular weight is 665 g/mol. The first-order valence-electron chi connectivity index (χ1n) is 16.2. The highest BCUT2D eigenvalue weighted by molar-refractivity contribution is 6.32. The largest absolute Gasteiger partial charge is 0.478 e. The fourth-order valence-corrected chi connectivity index (χ4v) is 7.61. The van der Waals surface area contributed by atoms with E-state index in [4.69, 9.17) is 33.7 Å². The van der Waals surface area contributed by atoms with E-state index in [1.165, 1.54) is 62.2 Å². The van der Waals surface area contributed by atoms with Crippen LogP contribution in [0.4, 0.5) is 11.5 Å². The number of piperazine rings is 1. The van der Waals surface area contributed by atoms with E-state index in [-0.39, 0.29) is 22.2 Å². The normalized spacial score (nSPS) is 19.2. The molecule has 3 heterocycles. The SMILES string of the molecule is CC(C)N1CCC2(CCC(c3ccc(Cl)cc3)=C(CN3CCN(c4ccc(C(=O)O)c(Oc5cnc(N)c(Cl)c5)c4)CC3)C2)CC1. The van der Waals surface area contributed by atoms with Crippen LogP contribution < -0.4 is 15.4 Å². The topological polar surface area (TPSA) is 95.2 Å². The standard InChI is InChI=1S/C36H43Cl2N5O3/c1-24(2)42-13-11-36(12-14-42)10-9-30(25-3-5-27(37)6-4-25)26(21-36)23-41-15-17-43(18-16-41)28-7-8-31(35(44)45)33(19-28)46-29-20-32(38)34(39)40-22-29/h3-8,19-20,22,24H,9-18,21,23H2,1-2H3,(H2,39,40)(H,44,45). The number of likely N-dealkylation sites (tertiary alicyclic amines) is 1. The van der Waals surface area contributed by atoms with Gasteiger partial charge in [-0.1, -0.05) is 40.9 Å². The molecule has 3 aliphatic rings. The predicted molar refractivity (Wildman–Crippen MR) is 186 cm³/mol. The molecule has 2 aliphatic heterocycles. The molecule has 1 aromatic heterocycles. The molecule has 46 heavy (non-hydrogen) atoms. The van der Waals surface area contributed by atoms with E-state index in [1.807, 2.05) is 18.2 Å². The fraction of sp³-hybridized carbons (Fsp3) is 0.444. The number of hydrogen-bond acceptors (Lipinski definition) is 7. The van der Waals surface area contributed by atoms with Gasteiger partial charge in [0.2, 0.25) is 0 Å². The second-order valence-electron chi connectivity index (χ2n) is 13.3. The van der Waals surface area contributed by atoms with Crippen LogP contribution in [0.5, 0.6) is 11.5 Å². The Bertz CT molecular complexity index is 1590. The highest BCUT2D eigenvalue weighted by Gasteiger charge is 2.39. The van der Waals surface area contributed by atoms with Gasteiger partial charge < -0.3 is 25.4 Å². The van der Waals surface area contributed by atoms with Crippen molar-refractivity contribution in [1.29, 1.82) is 0 Å². The molecule has 0 bridgehead atoms. The Kier molecular flexibility index (Phi) is 9.80. The minimum atomic E-state index is -1.06. The number of carboxylic acids is 1. The minimum absolute atomic E-state index is 0.0717. The first kappa shape index (κ1) is 32.6. The molecule has 1 aliphatic carbocycles. The number of nitrogen functional groups attached to an aromatic ring is 1. The summed E-state index contributed by atoms with van der Waals surface area (Å²) in [6.07, 6.45) is 7.51. The fourth-order valence-electron chi connectivity index (χ4n) is 7.32. The molecular formula is C36H43Cl2N5O3. The third-order valence-electron chi connectivity index (χ3n) is 10.1. The minimum Gasteiger partial charge on any atom is -0.478 e. The summed E-state index contributed by atoms with van der Waals surface area (Å²) in [6.45, 7) is 11.5. The van der Waals surface area contributed by atoms with Crippen molar-refractivity contribution in [3.8, 4) is 11.5 Å². The number of aromatic carboxylic acids is 1. The van der Waals surface area contributed by atoms with Crippen LogP contribution in [0.25, 0.3) is 5.57 Å². The molecular weight excluding hydrogens is 621 g/mol. The molecule has 2 aromatic carbocycles. The van der Waals surface area contributed by atoms with E-state index in [0.717, 1.165) is 49.9 Å². The first-order chi connectivity index (χ1) is 22.1. The monoisotopic (exact) mass is 663 g/mol. The van der Waals surface area contributed by atoms with Gasteiger partial charge in [-0.3, -0.25) is 4.90 Å². The van der Waals surface area contributed by atoms with Crippen molar-refractivity contribution in [2.24, 2.45) is 5.41 Å². The van der Waals surface area contributed by atoms with Crippen LogP contribution >= 0.6 is 23.2 Å². The van der Waals surface area contributed by atoms with E-state index in [9.17, 15) is 9.90 Å². The number of hydrogen-bond donors (Lipinski definition) is 2. The molecule has 8 nitrogen and oxygen atoms in total. The Morgan fingerprint density at radius 3 is 2.37 bits per heavy atom. The lowest BCUT2D eigenvalue weighted by Crippen LogP contribution is -2.48. The lowest BCUT2D eigenvalue weighted by Gasteiger charge is -2.47. The van der Waals surface area contributed by atoms with Crippen molar-refractivity contribution in [2.75, 3.05) is 56.4 Å². The molecule has 10 heteroatoms. The van der Waals surface area contributed by atoms with Gasteiger partial charge in [0.25, 0.3) is 0 Å². The zero-order valence-corrected chi connectivity index (χ0v) is 28.2. The van der Waals surface area contributed by atoms with E-state index in [0.29, 0.717) is 17.2 Å². The number of ether oxygens (including phenoxy) is 1. The van der Waals surface area contributed by atoms with Crippen LogP contribution in [0.15, 0.2) is 60.3 Å². The van der Waals surface area contributed by atoms with Gasteiger partial charge in [0.15, 0.2) is 0 Å². The van der Waals surface area contributed by atoms with Crippen LogP contribution in [0.3, 0.4) is 0 Å². The zero-order chi connectivity index (χ0) is 32.4. The Morgan fingerprint density at radius 2 is 1.72 bits per heavy atom. The van der Waals surface area contributed by atoms with Gasteiger partial charge in [-0.05, 0) is 99.9 Å². The van der Waals surface area contributed by atoms with Crippen LogP contribution in [-0.4, -0.2) is 77.7 Å². The summed E-state index contributed by atoms with van der Waals surface area (Å²) >= 11 is 12.4. The maximum absolute atomic E-state index is 12.0. The third-order valence-corrected chi connectivity index (χ3v) is 10.7. The lowest BCUT2D eigenvalue weighted by molar-refractivity contribution is 0.0694. The van der Waals surface area contributed by atoms with E-state index in [2.05, 4.69) is 45.7 Å². The summed E-state index contributed by atoms with van der Waals surface area (Å²) in [4.78, 5) is 23.5. The summed E-state index contributed by atoms with van der Waals surface area (Å²) in [6, 6.07) is 15.8. The molecule has 1 spiro atoms. The number of carbonyl (C=O) groups is 1. The average Bonchev–Trinajstić information content (AvgIpc) is 3.04. The van der Waals surface area contributed by atoms with Crippen molar-refractivity contribution in [3.05, 3.63) is 81.5 Å². The summed E-state index contributed by atoms with van der Waals surface area (Å²) < 4.78 is 5.96. The van der Waals surface area contributed by atoms with Crippen molar-refractivity contribution in [3.63, 3.8) is 0 Å². The number of allylic oxidation sites excluding steroid dienone is 1. The Morgan fingerprint density at radius 1 is 1.00 bits per heavy atom. The molecule has 0 amide bonds. The second kappa shape index (κ2) is 13.8. The van der Waals surface area contributed by atoms with E-state index < -0.39 is 5.97 Å². The van der Waals surface area contributed by atoms with Gasteiger partial charge in [0.1, 0.15) is 22.9 Å². The highest BCUT2D eigenvalue weighted by Crippen LogP contribution is 2.49. The highest BCUT2D eigenvalue weighted by atomic mass is 35.5. The van der Waals surface area contributed by atoms with E-state index >= 15 is 0 Å². The smallest absolute Gasteiger partial charge is 0.339 e. The number of carboxylic acid groups (broad SMARTS) is 1. The van der Waals surface area contributed by atoms with Gasteiger partial charge in [-0.15, -0.1) is 0 Å². The molecule has 0 unspecified atom stereocenters. The molecule has 2 fully saturated rings. The van der Waals surface area contributed by atoms with Crippen molar-refractivity contribution < 1.29 is 14.6 Å². The number of benzene rings is 2. The predicted octanol–water partition coefficient (Wildman–Crippen LogP) is 7.71. The van der Waals surface area contributed by atoms with Gasteiger partial charge in [-0.25, -0.2) is 9.78 Å². The summed E-state index contributed by atoms with van der Waals surface area (Å²) in [7, 11) is 0. The van der Waals surface area contributed by atoms with Crippen molar-refractivity contribution in [1.82, 2.24) is 14.8 Å². The van der Waals surface area contributed by atoms with Gasteiger partial charge >= 0.3 is 5.97 Å². The van der Waals surface area contributed by atoms with Crippen LogP contribution in [0.1, 0.15) is 61.9 Å². The second-order valence-corrected chi connectivity index (χ2v) is 14.1. The molecule has 3 N–H and O–H groups in total. The zero-order valence-electron chi connectivity index (χ0n) is 26.6. The molecule has 6 rings (SSSR count). The summed E-state index contributed by atoms with van der Waals surface area (Å²) in [5, 5.41) is 10.8. The van der Waals surface area contributed by atoms with Gasteiger partial charge in [-0.2, -0.15) is 0 Å². The number of rotatable bonds is 8. The maximum atomic E-state index is 12.0.